The van der Waals surface area contributed by atoms with Gasteiger partial charge >= 0.3 is 0 Å². The van der Waals surface area contributed by atoms with Crippen molar-refractivity contribution >= 4 is 22.6 Å². The molecule has 7 nitrogen and oxygen atoms in total. The van der Waals surface area contributed by atoms with E-state index in [0.717, 1.165) is 86.0 Å². The second-order valence-electron chi connectivity index (χ2n) is 9.95. The standard InChI is InChI=1S/C29H34N6O/c1-21(2)33-16-18-35(19-17-33)28-26-25(22-6-4-3-5-7-22)27(36-29(26)32-20-31-28)23-8-10-24(11-9-23)34-14-12-30-13-15-34/h3-11,20-21,30H,12-19H2,1-2H3. The molecule has 2 aromatic carbocycles. The van der Waals surface area contributed by atoms with E-state index in [1.165, 1.54) is 5.69 Å². The first kappa shape index (κ1) is 23.0. The molecule has 2 aromatic heterocycles. The SMILES string of the molecule is CC(C)N1CCN(c2ncnc3oc(-c4ccc(N5CCNCC5)cc4)c(-c4ccccc4)c23)CC1. The Balaban J connectivity index is 1.43. The van der Waals surface area contributed by atoms with Gasteiger partial charge in [-0.05, 0) is 43.7 Å². The highest BCUT2D eigenvalue weighted by atomic mass is 16.3. The number of nitrogens with zero attached hydrogens (tertiary/aromatic N) is 5. The number of rotatable bonds is 5. The number of fused-ring (bicyclic) bond motifs is 1. The number of furan rings is 1. The maximum atomic E-state index is 6.50. The van der Waals surface area contributed by atoms with Crippen molar-refractivity contribution in [2.45, 2.75) is 19.9 Å². The lowest BCUT2D eigenvalue weighted by Crippen LogP contribution is -2.49. The van der Waals surface area contributed by atoms with E-state index in [0.29, 0.717) is 11.8 Å². The molecule has 2 fully saturated rings. The fourth-order valence-corrected chi connectivity index (χ4v) is 5.44. The molecule has 0 amide bonds. The van der Waals surface area contributed by atoms with E-state index in [2.05, 4.69) is 93.4 Å². The number of piperazine rings is 2. The molecule has 4 aromatic rings. The summed E-state index contributed by atoms with van der Waals surface area (Å²) in [5.74, 6) is 1.82. The predicted octanol–water partition coefficient (Wildman–Crippen LogP) is 4.50. The first-order valence-corrected chi connectivity index (χ1v) is 13.1. The van der Waals surface area contributed by atoms with Crippen LogP contribution >= 0.6 is 0 Å². The average molecular weight is 483 g/mol. The van der Waals surface area contributed by atoms with Crippen LogP contribution in [0.25, 0.3) is 33.6 Å². The highest BCUT2D eigenvalue weighted by molar-refractivity contribution is 6.06. The van der Waals surface area contributed by atoms with Gasteiger partial charge in [-0.1, -0.05) is 30.3 Å². The minimum Gasteiger partial charge on any atom is -0.437 e. The summed E-state index contributed by atoms with van der Waals surface area (Å²) in [6.45, 7) is 12.6. The maximum Gasteiger partial charge on any atom is 0.232 e. The molecule has 186 valence electrons. The Kier molecular flexibility index (Phi) is 6.34. The molecule has 0 unspecified atom stereocenters. The quantitative estimate of drug-likeness (QED) is 0.450. The van der Waals surface area contributed by atoms with E-state index in [9.17, 15) is 0 Å². The van der Waals surface area contributed by atoms with Crippen LogP contribution in [-0.2, 0) is 0 Å². The van der Waals surface area contributed by atoms with Crippen LogP contribution in [0.3, 0.4) is 0 Å². The van der Waals surface area contributed by atoms with Crippen molar-refractivity contribution in [1.29, 1.82) is 0 Å². The van der Waals surface area contributed by atoms with Crippen LogP contribution < -0.4 is 15.1 Å². The summed E-state index contributed by atoms with van der Waals surface area (Å²) >= 11 is 0. The van der Waals surface area contributed by atoms with E-state index in [1.54, 1.807) is 6.33 Å². The minimum absolute atomic E-state index is 0.558. The summed E-state index contributed by atoms with van der Waals surface area (Å²) in [6, 6.07) is 19.8. The predicted molar refractivity (Wildman–Crippen MR) is 147 cm³/mol. The molecule has 0 atom stereocenters. The van der Waals surface area contributed by atoms with Crippen LogP contribution in [-0.4, -0.2) is 73.3 Å². The van der Waals surface area contributed by atoms with E-state index >= 15 is 0 Å². The average Bonchev–Trinajstić information content (AvgIpc) is 3.34. The Bertz CT molecular complexity index is 1300. The Hall–Kier alpha value is -3.42. The molecule has 2 saturated heterocycles. The van der Waals surface area contributed by atoms with Crippen molar-refractivity contribution in [3.63, 3.8) is 0 Å². The molecular formula is C29H34N6O. The highest BCUT2D eigenvalue weighted by Gasteiger charge is 2.27. The van der Waals surface area contributed by atoms with Gasteiger partial charge in [0.1, 0.15) is 17.9 Å². The number of nitrogens with one attached hydrogen (secondary N) is 1. The van der Waals surface area contributed by atoms with E-state index in [-0.39, 0.29) is 0 Å². The van der Waals surface area contributed by atoms with Crippen LogP contribution in [0.5, 0.6) is 0 Å². The first-order chi connectivity index (χ1) is 17.7. The van der Waals surface area contributed by atoms with Crippen molar-refractivity contribution in [2.75, 3.05) is 62.2 Å². The van der Waals surface area contributed by atoms with Crippen molar-refractivity contribution in [2.24, 2.45) is 0 Å². The fraction of sp³-hybridized carbons (Fsp3) is 0.379. The van der Waals surface area contributed by atoms with Gasteiger partial charge in [0.05, 0.1) is 5.39 Å². The summed E-state index contributed by atoms with van der Waals surface area (Å²) in [4.78, 5) is 16.7. The van der Waals surface area contributed by atoms with Crippen molar-refractivity contribution in [1.82, 2.24) is 20.2 Å². The number of anilines is 2. The zero-order valence-corrected chi connectivity index (χ0v) is 21.2. The monoisotopic (exact) mass is 482 g/mol. The van der Waals surface area contributed by atoms with Gasteiger partial charge in [0.15, 0.2) is 0 Å². The molecule has 2 aliphatic heterocycles. The van der Waals surface area contributed by atoms with Gasteiger partial charge < -0.3 is 19.5 Å². The first-order valence-electron chi connectivity index (χ1n) is 13.1. The minimum atomic E-state index is 0.558. The number of hydrogen-bond acceptors (Lipinski definition) is 7. The summed E-state index contributed by atoms with van der Waals surface area (Å²) in [6.07, 6.45) is 1.64. The Morgan fingerprint density at radius 2 is 1.50 bits per heavy atom. The zero-order valence-electron chi connectivity index (χ0n) is 21.2. The molecule has 0 radical (unpaired) electrons. The molecule has 2 aliphatic rings. The third-order valence-electron chi connectivity index (χ3n) is 7.49. The Morgan fingerprint density at radius 1 is 0.778 bits per heavy atom. The molecular weight excluding hydrogens is 448 g/mol. The third kappa shape index (κ3) is 4.33. The molecule has 6 rings (SSSR count). The second kappa shape index (κ2) is 9.91. The lowest BCUT2D eigenvalue weighted by molar-refractivity contribution is 0.209. The van der Waals surface area contributed by atoms with Gasteiger partial charge in [-0.2, -0.15) is 0 Å². The molecule has 0 saturated carbocycles. The largest absolute Gasteiger partial charge is 0.437 e. The second-order valence-corrected chi connectivity index (χ2v) is 9.95. The van der Waals surface area contributed by atoms with Crippen LogP contribution in [0.1, 0.15) is 13.8 Å². The van der Waals surface area contributed by atoms with Gasteiger partial charge in [0, 0.05) is 75.2 Å². The maximum absolute atomic E-state index is 6.50. The van der Waals surface area contributed by atoms with Crippen LogP contribution in [0.4, 0.5) is 11.5 Å². The lowest BCUT2D eigenvalue weighted by Gasteiger charge is -2.37. The summed E-state index contributed by atoms with van der Waals surface area (Å²) in [5, 5.41) is 4.43. The molecule has 7 heteroatoms. The number of hydrogen-bond donors (Lipinski definition) is 1. The molecule has 36 heavy (non-hydrogen) atoms. The number of aromatic nitrogens is 2. The molecule has 0 aliphatic carbocycles. The van der Waals surface area contributed by atoms with Crippen molar-refractivity contribution in [3.8, 4) is 22.5 Å². The van der Waals surface area contributed by atoms with E-state index in [4.69, 9.17) is 9.40 Å². The normalized spacial score (nSPS) is 17.3. The van der Waals surface area contributed by atoms with Gasteiger partial charge in [-0.25, -0.2) is 9.97 Å². The van der Waals surface area contributed by atoms with Gasteiger partial charge in [-0.15, -0.1) is 0 Å². The van der Waals surface area contributed by atoms with Gasteiger partial charge in [-0.3, -0.25) is 4.90 Å². The third-order valence-corrected chi connectivity index (χ3v) is 7.49. The molecule has 4 heterocycles. The lowest BCUT2D eigenvalue weighted by atomic mass is 9.99. The van der Waals surface area contributed by atoms with Crippen molar-refractivity contribution in [3.05, 3.63) is 60.9 Å². The summed E-state index contributed by atoms with van der Waals surface area (Å²) in [5.41, 5.74) is 5.14. The summed E-state index contributed by atoms with van der Waals surface area (Å²) in [7, 11) is 0. The molecule has 0 bridgehead atoms. The van der Waals surface area contributed by atoms with Gasteiger partial charge in [0.2, 0.25) is 5.71 Å². The van der Waals surface area contributed by atoms with E-state index < -0.39 is 0 Å². The van der Waals surface area contributed by atoms with Crippen molar-refractivity contribution < 1.29 is 4.42 Å². The van der Waals surface area contributed by atoms with Crippen LogP contribution in [0.2, 0.25) is 0 Å². The molecule has 0 spiro atoms. The Morgan fingerprint density at radius 3 is 2.19 bits per heavy atom. The highest BCUT2D eigenvalue weighted by Crippen LogP contribution is 2.43. The fourth-order valence-electron chi connectivity index (χ4n) is 5.44. The summed E-state index contributed by atoms with van der Waals surface area (Å²) < 4.78 is 6.50. The zero-order chi connectivity index (χ0) is 24.5. The topological polar surface area (TPSA) is 60.7 Å². The number of benzene rings is 2. The molecule has 1 N–H and O–H groups in total. The van der Waals surface area contributed by atoms with E-state index in [1.807, 2.05) is 0 Å². The van der Waals surface area contributed by atoms with Crippen LogP contribution in [0, 0.1) is 0 Å². The Labute approximate surface area is 212 Å². The smallest absolute Gasteiger partial charge is 0.232 e. The van der Waals surface area contributed by atoms with Gasteiger partial charge in [0.25, 0.3) is 0 Å². The van der Waals surface area contributed by atoms with Crippen LogP contribution in [0.15, 0.2) is 65.3 Å².